The van der Waals surface area contributed by atoms with Gasteiger partial charge in [-0.3, -0.25) is 0 Å². The van der Waals surface area contributed by atoms with E-state index in [1.165, 1.54) is 0 Å². The van der Waals surface area contributed by atoms with E-state index in [1.807, 2.05) is 6.92 Å². The van der Waals surface area contributed by atoms with E-state index < -0.39 is 5.97 Å². The summed E-state index contributed by atoms with van der Waals surface area (Å²) in [6.07, 6.45) is 2.76. The van der Waals surface area contributed by atoms with Crippen molar-refractivity contribution in [2.75, 3.05) is 18.5 Å². The lowest BCUT2D eigenvalue weighted by Crippen LogP contribution is -2.19. The molecule has 0 aliphatic carbocycles. The number of aromatic carboxylic acids is 1. The van der Waals surface area contributed by atoms with Crippen molar-refractivity contribution >= 4 is 11.8 Å². The SMILES string of the molecule is CCCC(CCO)CNc1nc(C)cc(C)c1C(=O)O. The maximum atomic E-state index is 11.3. The Bertz CT molecular complexity index is 455. The molecule has 0 aromatic carbocycles. The summed E-state index contributed by atoms with van der Waals surface area (Å²) < 4.78 is 0. The number of aliphatic hydroxyl groups is 1. The number of nitrogens with one attached hydrogen (secondary N) is 1. The Morgan fingerprint density at radius 1 is 1.40 bits per heavy atom. The first kappa shape index (κ1) is 16.4. The lowest BCUT2D eigenvalue weighted by atomic mass is 10.00. The van der Waals surface area contributed by atoms with Crippen LogP contribution >= 0.6 is 0 Å². The number of carboxylic acid groups (broad SMARTS) is 1. The van der Waals surface area contributed by atoms with Crippen LogP contribution in [0.15, 0.2) is 6.07 Å². The molecule has 0 spiro atoms. The topological polar surface area (TPSA) is 82.5 Å². The maximum absolute atomic E-state index is 11.3. The van der Waals surface area contributed by atoms with E-state index in [1.54, 1.807) is 13.0 Å². The number of aliphatic hydroxyl groups excluding tert-OH is 1. The van der Waals surface area contributed by atoms with Gasteiger partial charge in [0.05, 0.1) is 0 Å². The summed E-state index contributed by atoms with van der Waals surface area (Å²) in [5.74, 6) is -0.213. The molecule has 0 radical (unpaired) electrons. The van der Waals surface area contributed by atoms with Crippen molar-refractivity contribution in [1.82, 2.24) is 4.98 Å². The van der Waals surface area contributed by atoms with Crippen molar-refractivity contribution in [1.29, 1.82) is 0 Å². The highest BCUT2D eigenvalue weighted by Crippen LogP contribution is 2.20. The molecule has 0 aliphatic rings. The molecule has 0 saturated heterocycles. The summed E-state index contributed by atoms with van der Waals surface area (Å²) in [4.78, 5) is 15.6. The van der Waals surface area contributed by atoms with Crippen molar-refractivity contribution < 1.29 is 15.0 Å². The van der Waals surface area contributed by atoms with E-state index in [0.717, 1.165) is 18.5 Å². The largest absolute Gasteiger partial charge is 0.478 e. The monoisotopic (exact) mass is 280 g/mol. The molecular formula is C15H24N2O3. The van der Waals surface area contributed by atoms with Crippen molar-refractivity contribution in [3.63, 3.8) is 0 Å². The minimum atomic E-state index is -0.966. The zero-order valence-corrected chi connectivity index (χ0v) is 12.4. The molecule has 0 bridgehead atoms. The van der Waals surface area contributed by atoms with Crippen LogP contribution in [0.3, 0.4) is 0 Å². The number of hydrogen-bond donors (Lipinski definition) is 3. The number of nitrogens with zero attached hydrogens (tertiary/aromatic N) is 1. The molecule has 5 heteroatoms. The van der Waals surface area contributed by atoms with Crippen molar-refractivity contribution in [2.24, 2.45) is 5.92 Å². The molecule has 5 nitrogen and oxygen atoms in total. The highest BCUT2D eigenvalue weighted by Gasteiger charge is 2.16. The average molecular weight is 280 g/mol. The minimum Gasteiger partial charge on any atom is -0.478 e. The van der Waals surface area contributed by atoms with E-state index in [9.17, 15) is 9.90 Å². The third-order valence-electron chi connectivity index (χ3n) is 3.35. The number of pyridine rings is 1. The second-order valence-electron chi connectivity index (χ2n) is 5.16. The molecule has 1 heterocycles. The third-order valence-corrected chi connectivity index (χ3v) is 3.35. The Kier molecular flexibility index (Phi) is 6.45. The zero-order chi connectivity index (χ0) is 15.1. The summed E-state index contributed by atoms with van der Waals surface area (Å²) in [6, 6.07) is 1.77. The second kappa shape index (κ2) is 7.85. The Hall–Kier alpha value is -1.62. The van der Waals surface area contributed by atoms with Crippen LogP contribution in [0.1, 0.15) is 47.8 Å². The molecule has 1 unspecified atom stereocenters. The van der Waals surface area contributed by atoms with Crippen LogP contribution in [-0.2, 0) is 0 Å². The van der Waals surface area contributed by atoms with Crippen LogP contribution in [0.2, 0.25) is 0 Å². The van der Waals surface area contributed by atoms with Gasteiger partial charge in [-0.25, -0.2) is 9.78 Å². The fourth-order valence-electron chi connectivity index (χ4n) is 2.41. The standard InChI is InChI=1S/C15H24N2O3/c1-4-5-12(6-7-18)9-16-14-13(15(19)20)10(2)8-11(3)17-14/h8,12,18H,4-7,9H2,1-3H3,(H,16,17)(H,19,20). The van der Waals surface area contributed by atoms with Gasteiger partial charge in [-0.05, 0) is 44.2 Å². The van der Waals surface area contributed by atoms with Gasteiger partial charge in [0.1, 0.15) is 11.4 Å². The molecular weight excluding hydrogens is 256 g/mol. The number of aromatic nitrogens is 1. The van der Waals surface area contributed by atoms with Gasteiger partial charge in [-0.15, -0.1) is 0 Å². The van der Waals surface area contributed by atoms with Gasteiger partial charge in [0.2, 0.25) is 0 Å². The summed E-state index contributed by atoms with van der Waals surface area (Å²) in [5.41, 5.74) is 1.74. The highest BCUT2D eigenvalue weighted by atomic mass is 16.4. The predicted molar refractivity (Wildman–Crippen MR) is 79.3 cm³/mol. The van der Waals surface area contributed by atoms with Crippen LogP contribution in [0, 0.1) is 19.8 Å². The van der Waals surface area contributed by atoms with Crippen molar-refractivity contribution in [2.45, 2.75) is 40.0 Å². The Morgan fingerprint density at radius 3 is 2.65 bits per heavy atom. The molecule has 112 valence electrons. The lowest BCUT2D eigenvalue weighted by Gasteiger charge is -2.18. The van der Waals surface area contributed by atoms with Gasteiger partial charge in [0, 0.05) is 18.8 Å². The first-order valence-corrected chi connectivity index (χ1v) is 7.05. The number of carbonyl (C=O) groups is 1. The molecule has 3 N–H and O–H groups in total. The fraction of sp³-hybridized carbons (Fsp3) is 0.600. The number of rotatable bonds is 8. The molecule has 1 aromatic heterocycles. The summed E-state index contributed by atoms with van der Waals surface area (Å²) in [5, 5.41) is 21.5. The first-order valence-electron chi connectivity index (χ1n) is 7.05. The van der Waals surface area contributed by atoms with Crippen LogP contribution in [0.4, 0.5) is 5.82 Å². The van der Waals surface area contributed by atoms with E-state index >= 15 is 0 Å². The van der Waals surface area contributed by atoms with Crippen LogP contribution in [-0.4, -0.2) is 34.3 Å². The molecule has 0 saturated carbocycles. The van der Waals surface area contributed by atoms with Gasteiger partial charge in [0.15, 0.2) is 0 Å². The number of anilines is 1. The smallest absolute Gasteiger partial charge is 0.339 e. The molecule has 0 fully saturated rings. The Morgan fingerprint density at radius 2 is 2.10 bits per heavy atom. The van der Waals surface area contributed by atoms with Gasteiger partial charge in [-0.1, -0.05) is 13.3 Å². The Labute approximate surface area is 120 Å². The van der Waals surface area contributed by atoms with E-state index in [4.69, 9.17) is 5.11 Å². The quantitative estimate of drug-likeness (QED) is 0.682. The molecule has 1 aromatic rings. The molecule has 1 atom stereocenters. The summed E-state index contributed by atoms with van der Waals surface area (Å²) in [7, 11) is 0. The molecule has 0 aliphatic heterocycles. The second-order valence-corrected chi connectivity index (χ2v) is 5.16. The van der Waals surface area contributed by atoms with Crippen molar-refractivity contribution in [3.8, 4) is 0 Å². The van der Waals surface area contributed by atoms with Gasteiger partial charge >= 0.3 is 5.97 Å². The van der Waals surface area contributed by atoms with Crippen LogP contribution < -0.4 is 5.32 Å². The van der Waals surface area contributed by atoms with E-state index in [0.29, 0.717) is 30.3 Å². The fourth-order valence-corrected chi connectivity index (χ4v) is 2.41. The normalized spacial score (nSPS) is 12.2. The average Bonchev–Trinajstić information content (AvgIpc) is 2.35. The Balaban J connectivity index is 2.87. The first-order chi connectivity index (χ1) is 9.49. The summed E-state index contributed by atoms with van der Waals surface area (Å²) >= 11 is 0. The van der Waals surface area contributed by atoms with Crippen LogP contribution in [0.5, 0.6) is 0 Å². The predicted octanol–water partition coefficient (Wildman–Crippen LogP) is 2.61. The van der Waals surface area contributed by atoms with E-state index in [2.05, 4.69) is 17.2 Å². The number of carboxylic acids is 1. The zero-order valence-electron chi connectivity index (χ0n) is 12.4. The van der Waals surface area contributed by atoms with Crippen LogP contribution in [0.25, 0.3) is 0 Å². The molecule has 0 amide bonds. The highest BCUT2D eigenvalue weighted by molar-refractivity contribution is 5.94. The third kappa shape index (κ3) is 4.49. The molecule has 1 rings (SSSR count). The lowest BCUT2D eigenvalue weighted by molar-refractivity contribution is 0.0696. The van der Waals surface area contributed by atoms with Gasteiger partial charge in [-0.2, -0.15) is 0 Å². The number of hydrogen-bond acceptors (Lipinski definition) is 4. The van der Waals surface area contributed by atoms with Gasteiger partial charge < -0.3 is 15.5 Å². The van der Waals surface area contributed by atoms with Crippen molar-refractivity contribution in [3.05, 3.63) is 22.9 Å². The number of aryl methyl sites for hydroxylation is 2. The van der Waals surface area contributed by atoms with E-state index in [-0.39, 0.29) is 12.2 Å². The molecule has 20 heavy (non-hydrogen) atoms. The maximum Gasteiger partial charge on any atom is 0.339 e. The van der Waals surface area contributed by atoms with Gasteiger partial charge in [0.25, 0.3) is 0 Å². The minimum absolute atomic E-state index is 0.151. The summed E-state index contributed by atoms with van der Waals surface area (Å²) in [6.45, 7) is 6.51.